The van der Waals surface area contributed by atoms with E-state index in [1.165, 1.54) is 6.07 Å². The molecule has 0 atom stereocenters. The number of aromatic amines is 1. The van der Waals surface area contributed by atoms with Crippen molar-refractivity contribution in [3.8, 4) is 0 Å². The topological polar surface area (TPSA) is 168 Å². The Balaban J connectivity index is 3.04. The van der Waals surface area contributed by atoms with E-state index < -0.39 is 18.3 Å². The summed E-state index contributed by atoms with van der Waals surface area (Å²) in [5.74, 6) is 0. The van der Waals surface area contributed by atoms with Crippen LogP contribution in [-0.2, 0) is 0 Å². The molecule has 12 nitrogen and oxygen atoms in total. The molecule has 0 saturated heterocycles. The van der Waals surface area contributed by atoms with Crippen molar-refractivity contribution in [2.45, 2.75) is 0 Å². The molecular formula is C7H6N6O6. The highest BCUT2D eigenvalue weighted by molar-refractivity contribution is 5.85. The molecule has 19 heavy (non-hydrogen) atoms. The van der Waals surface area contributed by atoms with E-state index in [0.29, 0.717) is 0 Å². The van der Waals surface area contributed by atoms with E-state index in [1.54, 1.807) is 0 Å². The zero-order chi connectivity index (χ0) is 14.2. The normalized spacial score (nSPS) is 10.3. The lowest BCUT2D eigenvalue weighted by molar-refractivity contribution is 0.145. The summed E-state index contributed by atoms with van der Waals surface area (Å²) in [5, 5.41) is 35.9. The zero-order valence-corrected chi connectivity index (χ0v) is 8.96. The molecule has 0 aromatic carbocycles. The Morgan fingerprint density at radius 1 is 1.11 bits per heavy atom. The largest absolute Gasteiger partial charge is 0.463 e. The number of H-pyrrole nitrogens is 1. The second-order valence-corrected chi connectivity index (χ2v) is 3.14. The molecule has 12 heteroatoms. The van der Waals surface area contributed by atoms with Gasteiger partial charge in [0.2, 0.25) is 0 Å². The van der Waals surface area contributed by atoms with E-state index in [4.69, 9.17) is 15.3 Å². The van der Waals surface area contributed by atoms with Crippen LogP contribution in [0.2, 0.25) is 0 Å². The first-order valence-electron chi connectivity index (χ1n) is 4.61. The van der Waals surface area contributed by atoms with Gasteiger partial charge in [0.1, 0.15) is 5.52 Å². The molecule has 0 fully saturated rings. The first-order valence-corrected chi connectivity index (χ1v) is 4.61. The number of hydrogen-bond acceptors (Lipinski definition) is 5. The van der Waals surface area contributed by atoms with E-state index in [9.17, 15) is 14.4 Å². The fourth-order valence-corrected chi connectivity index (χ4v) is 1.40. The number of hydrogen-bond donors (Lipinski definition) is 4. The van der Waals surface area contributed by atoms with Crippen LogP contribution in [0.5, 0.6) is 0 Å². The van der Waals surface area contributed by atoms with Crippen molar-refractivity contribution in [1.29, 1.82) is 0 Å². The number of nitrogens with one attached hydrogen (secondary N) is 1. The highest BCUT2D eigenvalue weighted by Gasteiger charge is 2.22. The van der Waals surface area contributed by atoms with E-state index >= 15 is 0 Å². The van der Waals surface area contributed by atoms with Gasteiger partial charge < -0.3 is 15.3 Å². The summed E-state index contributed by atoms with van der Waals surface area (Å²) in [6.45, 7) is 0. The Morgan fingerprint density at radius 3 is 2.32 bits per heavy atom. The summed E-state index contributed by atoms with van der Waals surface area (Å²) in [6, 6.07) is 1.17. The average molecular weight is 270 g/mol. The molecule has 4 N–H and O–H groups in total. The van der Waals surface area contributed by atoms with Crippen molar-refractivity contribution in [2.24, 2.45) is 0 Å². The fraction of sp³-hybridized carbons (Fsp3) is 0. The van der Waals surface area contributed by atoms with Gasteiger partial charge in [-0.2, -0.15) is 9.78 Å². The van der Waals surface area contributed by atoms with E-state index in [1.807, 2.05) is 0 Å². The second kappa shape index (κ2) is 4.17. The molecular weight excluding hydrogens is 264 g/mol. The summed E-state index contributed by atoms with van der Waals surface area (Å²) in [5.41, 5.74) is -0.396. The predicted molar refractivity (Wildman–Crippen MR) is 55.8 cm³/mol. The minimum Gasteiger partial charge on any atom is -0.463 e. The van der Waals surface area contributed by atoms with Crippen molar-refractivity contribution < 1.29 is 29.7 Å². The molecule has 2 heterocycles. The van der Waals surface area contributed by atoms with E-state index in [-0.39, 0.29) is 25.4 Å². The smallest absolute Gasteiger partial charge is 0.448 e. The third kappa shape index (κ3) is 1.86. The number of carboxylic acid groups (broad SMARTS) is 3. The van der Waals surface area contributed by atoms with Crippen LogP contribution < -0.4 is 0 Å². The monoisotopic (exact) mass is 270 g/mol. The summed E-state index contributed by atoms with van der Waals surface area (Å²) >= 11 is 0. The van der Waals surface area contributed by atoms with E-state index in [0.717, 1.165) is 6.20 Å². The molecule has 0 bridgehead atoms. The summed E-state index contributed by atoms with van der Waals surface area (Å²) < 4.78 is 0.205. The Kier molecular flexibility index (Phi) is 2.67. The van der Waals surface area contributed by atoms with Gasteiger partial charge >= 0.3 is 18.3 Å². The third-order valence-corrected chi connectivity index (χ3v) is 2.05. The Labute approximate surface area is 102 Å². The minimum absolute atomic E-state index is 0.0331. The molecule has 0 unspecified atom stereocenters. The van der Waals surface area contributed by atoms with Gasteiger partial charge in [-0.25, -0.2) is 14.4 Å². The first-order chi connectivity index (χ1) is 8.93. The molecule has 0 aliphatic rings. The highest BCUT2D eigenvalue weighted by Crippen LogP contribution is 2.07. The maximum atomic E-state index is 11.1. The standard InChI is InChI=1S/C7H6N6O6/c14-5(15)11-3-1-2-8-9-4(3)10-12(6(16)17)13(11)7(18)19/h1-2H,(H,9,10)(H,14,15)(H,16,17)(H,18,19). The van der Waals surface area contributed by atoms with Gasteiger partial charge in [0, 0.05) is 0 Å². The molecule has 0 amide bonds. The Hall–Kier alpha value is -3.31. The van der Waals surface area contributed by atoms with Crippen molar-refractivity contribution in [3.05, 3.63) is 12.3 Å². The fourth-order valence-electron chi connectivity index (χ4n) is 1.40. The van der Waals surface area contributed by atoms with Gasteiger partial charge in [0.15, 0.2) is 5.65 Å². The average Bonchev–Trinajstić information content (AvgIpc) is 2.35. The van der Waals surface area contributed by atoms with Crippen LogP contribution >= 0.6 is 0 Å². The maximum Gasteiger partial charge on any atom is 0.448 e. The molecule has 0 saturated carbocycles. The van der Waals surface area contributed by atoms with Gasteiger partial charge in [0.05, 0.1) is 6.20 Å². The minimum atomic E-state index is -1.82. The molecule has 0 radical (unpaired) electrons. The van der Waals surface area contributed by atoms with Crippen LogP contribution in [0.25, 0.3) is 11.2 Å². The van der Waals surface area contributed by atoms with Gasteiger partial charge in [-0.05, 0) is 6.07 Å². The van der Waals surface area contributed by atoms with Crippen molar-refractivity contribution in [2.75, 3.05) is 0 Å². The number of aromatic nitrogens is 6. The second-order valence-electron chi connectivity index (χ2n) is 3.14. The quantitative estimate of drug-likeness (QED) is 0.521. The van der Waals surface area contributed by atoms with Gasteiger partial charge in [0.25, 0.3) is 0 Å². The predicted octanol–water partition coefficient (Wildman–Crippen LogP) is 0.0651. The molecule has 2 aromatic rings. The molecule has 0 aliphatic heterocycles. The molecule has 0 spiro atoms. The van der Waals surface area contributed by atoms with Crippen molar-refractivity contribution in [1.82, 2.24) is 29.6 Å². The van der Waals surface area contributed by atoms with Crippen LogP contribution in [0.4, 0.5) is 14.4 Å². The van der Waals surface area contributed by atoms with Gasteiger partial charge in [-0.3, -0.25) is 5.10 Å². The van der Waals surface area contributed by atoms with Crippen molar-refractivity contribution in [3.63, 3.8) is 0 Å². The summed E-state index contributed by atoms with van der Waals surface area (Å²) in [4.78, 5) is 33.1. The number of fused-ring (bicyclic) bond motifs is 1. The van der Waals surface area contributed by atoms with Gasteiger partial charge in [-0.15, -0.1) is 5.10 Å². The SMILES string of the molecule is O=C(O)n1[nH]c2nnccc2n(C(=O)O)n1C(=O)O. The van der Waals surface area contributed by atoms with Crippen LogP contribution in [0.15, 0.2) is 12.3 Å². The lowest BCUT2D eigenvalue weighted by atomic mass is 10.5. The molecule has 100 valence electrons. The number of carbonyl (C=O) groups is 3. The highest BCUT2D eigenvalue weighted by atomic mass is 16.4. The molecule has 2 aromatic heterocycles. The van der Waals surface area contributed by atoms with E-state index in [2.05, 4.69) is 15.3 Å². The molecule has 0 aliphatic carbocycles. The maximum absolute atomic E-state index is 11.1. The Morgan fingerprint density at radius 2 is 1.79 bits per heavy atom. The van der Waals surface area contributed by atoms with Crippen LogP contribution in [0.3, 0.4) is 0 Å². The van der Waals surface area contributed by atoms with Gasteiger partial charge in [-0.1, -0.05) is 9.59 Å². The third-order valence-electron chi connectivity index (χ3n) is 2.05. The lowest BCUT2D eigenvalue weighted by Crippen LogP contribution is -2.39. The molecule has 2 rings (SSSR count). The van der Waals surface area contributed by atoms with Crippen molar-refractivity contribution >= 4 is 29.4 Å². The number of nitrogens with zero attached hydrogens (tertiary/aromatic N) is 5. The van der Waals surface area contributed by atoms with Crippen LogP contribution in [0.1, 0.15) is 0 Å². The summed E-state index contributed by atoms with van der Waals surface area (Å²) in [7, 11) is 0. The van der Waals surface area contributed by atoms with Crippen LogP contribution in [-0.4, -0.2) is 63.2 Å². The summed E-state index contributed by atoms with van der Waals surface area (Å²) in [6.07, 6.45) is -4.14. The first kappa shape index (κ1) is 12.2. The lowest BCUT2D eigenvalue weighted by Gasteiger charge is -2.15. The zero-order valence-electron chi connectivity index (χ0n) is 8.96. The number of rotatable bonds is 0. The van der Waals surface area contributed by atoms with Crippen LogP contribution in [0, 0.1) is 0 Å². The Bertz CT molecular complexity index is 729.